The van der Waals surface area contributed by atoms with Crippen molar-refractivity contribution < 1.29 is 28.7 Å². The van der Waals surface area contributed by atoms with Crippen LogP contribution in [0.4, 0.5) is 0 Å². The van der Waals surface area contributed by atoms with Crippen LogP contribution in [0.25, 0.3) is 0 Å². The minimum Gasteiger partial charge on any atom is -0.490 e. The zero-order valence-electron chi connectivity index (χ0n) is 46.6. The van der Waals surface area contributed by atoms with E-state index < -0.39 is 0 Å². The fourth-order valence-corrected chi connectivity index (χ4v) is 20.4. The Morgan fingerprint density at radius 1 is 0.481 bits per heavy atom. The quantitative estimate of drug-likeness (QED) is 0.0491. The molecule has 0 N–H and O–H groups in total. The molecule has 0 aromatic heterocycles. The lowest BCUT2D eigenvalue weighted by Gasteiger charge is -2.23. The van der Waals surface area contributed by atoms with Gasteiger partial charge in [0.05, 0.1) is 6.10 Å². The molecule has 1 saturated carbocycles. The van der Waals surface area contributed by atoms with E-state index in [1.54, 1.807) is 0 Å². The topological polar surface area (TPSA) is 86.7 Å². The van der Waals surface area contributed by atoms with E-state index in [0.717, 1.165) is 62.5 Å². The molecule has 0 amide bonds. The van der Waals surface area contributed by atoms with Crippen molar-refractivity contribution in [2.24, 2.45) is 0 Å². The van der Waals surface area contributed by atoms with Crippen LogP contribution in [0.2, 0.25) is 0 Å². The molecule has 6 nitrogen and oxygen atoms in total. The first-order valence-corrected chi connectivity index (χ1v) is 36.4. The lowest BCUT2D eigenvalue weighted by molar-refractivity contribution is 0.0988. The molecule has 0 spiro atoms. The van der Waals surface area contributed by atoms with Gasteiger partial charge in [-0.1, -0.05) is 60.9 Å². The van der Waals surface area contributed by atoms with Gasteiger partial charge in [0.2, 0.25) is 23.1 Å². The van der Waals surface area contributed by atoms with E-state index in [2.05, 4.69) is 45.9 Å². The molecule has 0 bridgehead atoms. The van der Waals surface area contributed by atoms with E-state index in [4.69, 9.17) is 9.47 Å². The molecule has 5 aliphatic rings. The van der Waals surface area contributed by atoms with E-state index in [1.165, 1.54) is 152 Å². The number of benzene rings is 5. The SMILES string of the molecule is CCSc1ccc(C(=O)C[S+]2CCCC2)cc1.Cc1cc(C)cc(C(=O)C(C)[S+]2CCCCC2)c1.O=C(C[S+]1CCCC1)c1ccc(OC2CCCCC2)cc1.O=C(C[S+]1CCCC1)c1ccc(Oc2ccccc2)cc1. The van der Waals surface area contributed by atoms with Crippen molar-refractivity contribution in [3.05, 3.63) is 155 Å². The number of thioether (sulfide) groups is 1. The maximum Gasteiger partial charge on any atom is 0.214 e. The first-order valence-electron chi connectivity index (χ1n) is 28.6. The third kappa shape index (κ3) is 20.9. The van der Waals surface area contributed by atoms with Crippen molar-refractivity contribution in [3.63, 3.8) is 0 Å². The minimum absolute atomic E-state index is 0.214. The maximum absolute atomic E-state index is 12.6. The largest absolute Gasteiger partial charge is 0.490 e. The van der Waals surface area contributed by atoms with Gasteiger partial charge in [0.25, 0.3) is 0 Å². The molecule has 4 aliphatic heterocycles. The second kappa shape index (κ2) is 33.0. The summed E-state index contributed by atoms with van der Waals surface area (Å²) in [4.78, 5) is 50.4. The molecule has 10 rings (SSSR count). The van der Waals surface area contributed by atoms with Crippen LogP contribution in [0.1, 0.15) is 156 Å². The van der Waals surface area contributed by atoms with Gasteiger partial charge in [-0.15, -0.1) is 11.8 Å². The van der Waals surface area contributed by atoms with Gasteiger partial charge in [-0.25, -0.2) is 0 Å². The number of hydrogen-bond donors (Lipinski definition) is 0. The highest BCUT2D eigenvalue weighted by atomic mass is 32.2. The third-order valence-electron chi connectivity index (χ3n) is 14.7. The van der Waals surface area contributed by atoms with Crippen LogP contribution in [0.5, 0.6) is 17.2 Å². The number of carbonyl (C=O) groups is 4. The molecule has 77 heavy (non-hydrogen) atoms. The monoisotopic (exact) mass is 1130 g/mol. The molecule has 5 aromatic carbocycles. The fraction of sp³-hybridized carbons (Fsp3) is 0.485. The third-order valence-corrected chi connectivity index (χ3v) is 25.7. The standard InChI is InChI=1S/C18H25O2S.C18H19O2S.C16H23OS.C14H19OS2/c2*19-18(14-21-12-4-5-13-21)15-8-10-17(11-9-15)20-16-6-2-1-3-7-16;1-12-9-13(2)11-15(10-12)16(17)14(3)18-7-5-4-6-8-18;1-2-16-13-7-5-12(6-8-13)14(15)11-17-9-3-4-10-17/h8-11,16H,1-7,12-14H2;1-3,6-11H,4-5,12-14H2;9-11,14H,4-8H2,1-3H3;5-8H,2-4,9-11H2,1H3/q4*+1. The summed E-state index contributed by atoms with van der Waals surface area (Å²) in [5.74, 6) is 17.2. The van der Waals surface area contributed by atoms with Crippen molar-refractivity contribution in [1.82, 2.24) is 0 Å². The van der Waals surface area contributed by atoms with Gasteiger partial charge in [0, 0.05) is 27.1 Å². The average molecular weight is 1140 g/mol. The zero-order chi connectivity index (χ0) is 54.2. The normalized spacial score (nSPS) is 17.7. The van der Waals surface area contributed by atoms with Gasteiger partial charge in [0.1, 0.15) is 63.3 Å². The van der Waals surface area contributed by atoms with Crippen LogP contribution in [-0.4, -0.2) is 104 Å². The maximum atomic E-state index is 12.6. The van der Waals surface area contributed by atoms with Crippen molar-refractivity contribution >= 4 is 78.5 Å². The number of hydrogen-bond acceptors (Lipinski definition) is 7. The van der Waals surface area contributed by atoms with Gasteiger partial charge in [0.15, 0.2) is 22.5 Å². The first-order chi connectivity index (χ1) is 37.5. The van der Waals surface area contributed by atoms with Crippen LogP contribution < -0.4 is 9.47 Å². The second-order valence-electron chi connectivity index (χ2n) is 21.1. The molecule has 0 radical (unpaired) electrons. The van der Waals surface area contributed by atoms with E-state index >= 15 is 0 Å². The van der Waals surface area contributed by atoms with Crippen molar-refractivity contribution in [2.75, 3.05) is 69.0 Å². The predicted octanol–water partition coefficient (Wildman–Crippen LogP) is 15.1. The van der Waals surface area contributed by atoms with Crippen LogP contribution in [0.3, 0.4) is 0 Å². The highest BCUT2D eigenvalue weighted by Gasteiger charge is 2.35. The first kappa shape index (κ1) is 60.8. The summed E-state index contributed by atoms with van der Waals surface area (Å²) in [5, 5.41) is 0.214. The number of carbonyl (C=O) groups excluding carboxylic acids is 4. The number of ketones is 4. The Bertz CT molecular complexity index is 2540. The van der Waals surface area contributed by atoms with Gasteiger partial charge >= 0.3 is 0 Å². The molecule has 1 unspecified atom stereocenters. The fourth-order valence-electron chi connectivity index (χ4n) is 10.4. The second-order valence-corrected chi connectivity index (χ2v) is 32.0. The van der Waals surface area contributed by atoms with Crippen LogP contribution in [0.15, 0.2) is 126 Å². The Balaban J connectivity index is 0.000000150. The summed E-state index contributed by atoms with van der Waals surface area (Å²) < 4.78 is 11.8. The van der Waals surface area contributed by atoms with Crippen molar-refractivity contribution in [2.45, 2.75) is 134 Å². The molecule has 4 heterocycles. The minimum atomic E-state index is 0.214. The summed E-state index contributed by atoms with van der Waals surface area (Å²) in [7, 11) is 1.37. The van der Waals surface area contributed by atoms with Crippen LogP contribution in [0, 0.1) is 13.8 Å². The van der Waals surface area contributed by atoms with Gasteiger partial charge in [-0.2, -0.15) is 0 Å². The molecule has 412 valence electrons. The summed E-state index contributed by atoms with van der Waals surface area (Å²) in [6.45, 7) is 8.41. The Labute approximate surface area is 478 Å². The van der Waals surface area contributed by atoms with E-state index in [-0.39, 0.29) is 11.0 Å². The van der Waals surface area contributed by atoms with Crippen LogP contribution in [-0.2, 0) is 43.6 Å². The van der Waals surface area contributed by atoms with Gasteiger partial charge in [-0.05, 0) is 239 Å². The number of para-hydroxylation sites is 1. The number of ether oxygens (including phenoxy) is 2. The number of Topliss-reactive ketones (excluding diaryl/α,β-unsaturated/α-hetero) is 4. The lowest BCUT2D eigenvalue weighted by atomic mass is 9.98. The Kier molecular flexibility index (Phi) is 26.1. The molecule has 5 fully saturated rings. The Morgan fingerprint density at radius 2 is 0.883 bits per heavy atom. The summed E-state index contributed by atoms with van der Waals surface area (Å²) in [5.41, 5.74) is 5.85. The van der Waals surface area contributed by atoms with Crippen molar-refractivity contribution in [3.8, 4) is 17.2 Å². The molecule has 1 aliphatic carbocycles. The molecule has 11 heteroatoms. The highest BCUT2D eigenvalue weighted by Crippen LogP contribution is 2.27. The number of aryl methyl sites for hydroxylation is 2. The Morgan fingerprint density at radius 3 is 1.34 bits per heavy atom. The molecule has 4 saturated heterocycles. The van der Waals surface area contributed by atoms with Crippen molar-refractivity contribution in [1.29, 1.82) is 0 Å². The van der Waals surface area contributed by atoms with E-state index in [9.17, 15) is 19.2 Å². The number of rotatable bonds is 18. The zero-order valence-corrected chi connectivity index (χ0v) is 50.7. The molecule has 1 atom stereocenters. The lowest BCUT2D eigenvalue weighted by Crippen LogP contribution is -2.34. The summed E-state index contributed by atoms with van der Waals surface area (Å²) in [6.07, 6.45) is 18.4. The average Bonchev–Trinajstić information content (AvgIpc) is 4.29. The Hall–Kier alpha value is -3.87. The van der Waals surface area contributed by atoms with E-state index in [0.29, 0.717) is 67.0 Å². The van der Waals surface area contributed by atoms with Gasteiger partial charge < -0.3 is 9.47 Å². The molecular formula is C66H86O6S5+4. The van der Waals surface area contributed by atoms with Gasteiger partial charge in [-0.3, -0.25) is 19.2 Å². The highest BCUT2D eigenvalue weighted by molar-refractivity contribution is 7.99. The summed E-state index contributed by atoms with van der Waals surface area (Å²) >= 11 is 1.82. The smallest absolute Gasteiger partial charge is 0.214 e. The summed E-state index contributed by atoms with van der Waals surface area (Å²) in [6, 6.07) is 39.3. The van der Waals surface area contributed by atoms with Crippen LogP contribution >= 0.6 is 11.8 Å². The molecular weight excluding hydrogens is 1050 g/mol. The molecule has 5 aromatic rings. The van der Waals surface area contributed by atoms with E-state index in [1.807, 2.05) is 115 Å². The predicted molar refractivity (Wildman–Crippen MR) is 337 cm³/mol.